The Morgan fingerprint density at radius 3 is 2.29 bits per heavy atom. The molecule has 17 heavy (non-hydrogen) atoms. The van der Waals surface area contributed by atoms with E-state index in [0.29, 0.717) is 0 Å². The maximum Gasteiger partial charge on any atom is 0.255 e. The van der Waals surface area contributed by atoms with Crippen LogP contribution in [-0.2, 0) is 20.0 Å². The first kappa shape index (κ1) is 13.9. The topological polar surface area (TPSA) is 110 Å². The van der Waals surface area contributed by atoms with Crippen molar-refractivity contribution in [3.8, 4) is 0 Å². The second kappa shape index (κ2) is 4.59. The molecule has 0 aliphatic rings. The van der Waals surface area contributed by atoms with Crippen LogP contribution in [0.5, 0.6) is 0 Å². The fourth-order valence-electron chi connectivity index (χ4n) is 1.27. The molecule has 0 aliphatic carbocycles. The lowest BCUT2D eigenvalue weighted by molar-refractivity contribution is 0.590. The van der Waals surface area contributed by atoms with Gasteiger partial charge in [0.05, 0.1) is 6.26 Å². The van der Waals surface area contributed by atoms with E-state index < -0.39 is 20.0 Å². The minimum absolute atomic E-state index is 0.0292. The summed E-state index contributed by atoms with van der Waals surface area (Å²) >= 11 is 0. The van der Waals surface area contributed by atoms with Gasteiger partial charge >= 0.3 is 0 Å². The van der Waals surface area contributed by atoms with Crippen molar-refractivity contribution in [2.45, 2.75) is 11.9 Å². The van der Waals surface area contributed by atoms with Crippen molar-refractivity contribution in [3.63, 3.8) is 0 Å². The molecule has 0 aromatic carbocycles. The zero-order valence-electron chi connectivity index (χ0n) is 9.36. The van der Waals surface area contributed by atoms with E-state index in [2.05, 4.69) is 4.98 Å². The predicted molar refractivity (Wildman–Crippen MR) is 63.5 cm³/mol. The molecule has 0 fully saturated rings. The Kier molecular flexibility index (Phi) is 3.74. The van der Waals surface area contributed by atoms with Crippen LogP contribution in [0.15, 0.2) is 23.2 Å². The SMILES string of the molecule is CCN(c1cccc(S(N)(=O)=O)n1)S(C)(=O)=O. The average molecular weight is 279 g/mol. The van der Waals surface area contributed by atoms with Gasteiger partial charge in [-0.25, -0.2) is 27.0 Å². The Hall–Kier alpha value is -1.19. The number of aromatic nitrogens is 1. The van der Waals surface area contributed by atoms with Crippen LogP contribution in [0.2, 0.25) is 0 Å². The van der Waals surface area contributed by atoms with E-state index in [0.717, 1.165) is 10.6 Å². The van der Waals surface area contributed by atoms with Crippen LogP contribution in [0.4, 0.5) is 5.82 Å². The van der Waals surface area contributed by atoms with Gasteiger partial charge in [-0.05, 0) is 19.1 Å². The molecule has 96 valence electrons. The van der Waals surface area contributed by atoms with Gasteiger partial charge < -0.3 is 0 Å². The lowest BCUT2D eigenvalue weighted by atomic mass is 10.4. The van der Waals surface area contributed by atoms with Crippen molar-refractivity contribution in [1.29, 1.82) is 0 Å². The molecule has 1 heterocycles. The van der Waals surface area contributed by atoms with Gasteiger partial charge in [0.25, 0.3) is 10.0 Å². The highest BCUT2D eigenvalue weighted by Gasteiger charge is 2.18. The summed E-state index contributed by atoms with van der Waals surface area (Å²) in [4.78, 5) is 3.72. The normalized spacial score (nSPS) is 12.4. The van der Waals surface area contributed by atoms with E-state index in [1.54, 1.807) is 6.92 Å². The predicted octanol–water partition coefficient (Wildman–Crippen LogP) is -0.485. The Labute approximate surface area is 100 Å². The number of rotatable bonds is 4. The van der Waals surface area contributed by atoms with Crippen molar-refractivity contribution in [2.24, 2.45) is 5.14 Å². The van der Waals surface area contributed by atoms with Crippen LogP contribution < -0.4 is 9.44 Å². The van der Waals surface area contributed by atoms with Gasteiger partial charge in [-0.2, -0.15) is 0 Å². The highest BCUT2D eigenvalue weighted by atomic mass is 32.2. The molecule has 9 heteroatoms. The van der Waals surface area contributed by atoms with Gasteiger partial charge in [0.1, 0.15) is 5.82 Å². The van der Waals surface area contributed by atoms with Gasteiger partial charge in [0, 0.05) is 6.54 Å². The maximum absolute atomic E-state index is 11.4. The molecule has 2 N–H and O–H groups in total. The molecule has 0 bridgehead atoms. The van der Waals surface area contributed by atoms with Crippen molar-refractivity contribution in [3.05, 3.63) is 18.2 Å². The lowest BCUT2D eigenvalue weighted by Gasteiger charge is -2.19. The average Bonchev–Trinajstić information content (AvgIpc) is 2.15. The van der Waals surface area contributed by atoms with Crippen LogP contribution in [0.1, 0.15) is 6.92 Å². The minimum Gasteiger partial charge on any atom is -0.254 e. The quantitative estimate of drug-likeness (QED) is 0.800. The number of pyridine rings is 1. The third-order valence-corrected chi connectivity index (χ3v) is 4.00. The number of sulfonamides is 2. The first-order chi connectivity index (χ1) is 7.66. The molecule has 0 amide bonds. The largest absolute Gasteiger partial charge is 0.255 e. The summed E-state index contributed by atoms with van der Waals surface area (Å²) in [6.45, 7) is 1.77. The minimum atomic E-state index is -3.95. The summed E-state index contributed by atoms with van der Waals surface area (Å²) in [6.07, 6.45) is 1.02. The first-order valence-electron chi connectivity index (χ1n) is 4.64. The number of nitrogens with zero attached hydrogens (tertiary/aromatic N) is 2. The van der Waals surface area contributed by atoms with Gasteiger partial charge in [-0.1, -0.05) is 6.07 Å². The first-order valence-corrected chi connectivity index (χ1v) is 8.03. The van der Waals surface area contributed by atoms with Crippen molar-refractivity contribution in [2.75, 3.05) is 17.1 Å². The van der Waals surface area contributed by atoms with E-state index in [1.807, 2.05) is 0 Å². The summed E-state index contributed by atoms with van der Waals surface area (Å²) in [5, 5.41) is 4.55. The van der Waals surface area contributed by atoms with Gasteiger partial charge in [0.2, 0.25) is 10.0 Å². The molecule has 1 aromatic rings. The molecule has 0 aliphatic heterocycles. The Morgan fingerprint density at radius 1 is 1.29 bits per heavy atom. The van der Waals surface area contributed by atoms with E-state index in [4.69, 9.17) is 5.14 Å². The van der Waals surface area contributed by atoms with E-state index in [-0.39, 0.29) is 17.4 Å². The van der Waals surface area contributed by atoms with E-state index in [1.165, 1.54) is 18.2 Å². The fourth-order valence-corrected chi connectivity index (χ4v) is 2.67. The number of anilines is 1. The smallest absolute Gasteiger partial charge is 0.254 e. The van der Waals surface area contributed by atoms with Crippen molar-refractivity contribution in [1.82, 2.24) is 4.98 Å². The molecular weight excluding hydrogens is 266 g/mol. The number of primary sulfonamides is 1. The molecule has 0 radical (unpaired) electrons. The molecule has 1 aromatic heterocycles. The Bertz CT molecular complexity index is 609. The zero-order valence-corrected chi connectivity index (χ0v) is 11.0. The number of hydrogen-bond donors (Lipinski definition) is 1. The molecule has 0 saturated carbocycles. The van der Waals surface area contributed by atoms with E-state index in [9.17, 15) is 16.8 Å². The number of nitrogens with two attached hydrogens (primary N) is 1. The summed E-state index contributed by atoms with van der Waals surface area (Å²) in [5.41, 5.74) is 0. The Morgan fingerprint density at radius 2 is 1.88 bits per heavy atom. The zero-order chi connectivity index (χ0) is 13.3. The van der Waals surface area contributed by atoms with Crippen LogP contribution in [0.3, 0.4) is 0 Å². The van der Waals surface area contributed by atoms with E-state index >= 15 is 0 Å². The number of hydrogen-bond acceptors (Lipinski definition) is 5. The standard InChI is InChI=1S/C8H13N3O4S2/c1-3-11(16(2,12)13)7-5-4-6-8(10-7)17(9,14)15/h4-6H,3H2,1-2H3,(H2,9,14,15). The highest BCUT2D eigenvalue weighted by molar-refractivity contribution is 7.92. The molecule has 0 unspecified atom stereocenters. The third-order valence-electron chi connectivity index (χ3n) is 1.94. The molecule has 0 saturated heterocycles. The van der Waals surface area contributed by atoms with Gasteiger partial charge in [0.15, 0.2) is 5.03 Å². The van der Waals surface area contributed by atoms with Crippen molar-refractivity contribution < 1.29 is 16.8 Å². The Balaban J connectivity index is 3.34. The maximum atomic E-state index is 11.4. The van der Waals surface area contributed by atoms with Crippen LogP contribution in [-0.4, -0.2) is 34.6 Å². The van der Waals surface area contributed by atoms with Crippen LogP contribution >= 0.6 is 0 Å². The van der Waals surface area contributed by atoms with Gasteiger partial charge in [-0.15, -0.1) is 0 Å². The molecular formula is C8H13N3O4S2. The molecule has 1 rings (SSSR count). The third kappa shape index (κ3) is 3.38. The second-order valence-electron chi connectivity index (χ2n) is 3.31. The summed E-state index contributed by atoms with van der Waals surface area (Å²) in [7, 11) is -7.44. The molecule has 7 nitrogen and oxygen atoms in total. The molecule has 0 atom stereocenters. The second-order valence-corrected chi connectivity index (χ2v) is 6.72. The highest BCUT2D eigenvalue weighted by Crippen LogP contribution is 2.16. The van der Waals surface area contributed by atoms with Crippen LogP contribution in [0, 0.1) is 0 Å². The fraction of sp³-hybridized carbons (Fsp3) is 0.375. The van der Waals surface area contributed by atoms with Crippen molar-refractivity contribution >= 4 is 25.9 Å². The van der Waals surface area contributed by atoms with Crippen LogP contribution in [0.25, 0.3) is 0 Å². The van der Waals surface area contributed by atoms with Gasteiger partial charge in [-0.3, -0.25) is 4.31 Å². The summed E-state index contributed by atoms with van der Waals surface area (Å²) in [6, 6.07) is 3.99. The monoisotopic (exact) mass is 279 g/mol. The summed E-state index contributed by atoms with van der Waals surface area (Å²) in [5.74, 6) is 0.0292. The summed E-state index contributed by atoms with van der Waals surface area (Å²) < 4.78 is 46.0. The lowest BCUT2D eigenvalue weighted by Crippen LogP contribution is -2.30. The molecule has 0 spiro atoms.